The van der Waals surface area contributed by atoms with Crippen molar-refractivity contribution in [3.8, 4) is 6.07 Å². The van der Waals surface area contributed by atoms with Crippen LogP contribution in [0.5, 0.6) is 0 Å². The van der Waals surface area contributed by atoms with E-state index in [1.54, 1.807) is 37.8 Å². The van der Waals surface area contributed by atoms with Gasteiger partial charge in [-0.3, -0.25) is 4.79 Å². The Kier molecular flexibility index (Phi) is 6.40. The van der Waals surface area contributed by atoms with Gasteiger partial charge in [-0.15, -0.1) is 0 Å². The third-order valence-electron chi connectivity index (χ3n) is 4.45. The number of aryl methyl sites for hydroxylation is 1. The molecule has 2 rings (SSSR count). The Morgan fingerprint density at radius 2 is 1.85 bits per heavy atom. The van der Waals surface area contributed by atoms with E-state index >= 15 is 0 Å². The topological polar surface area (TPSA) is 86.2 Å². The van der Waals surface area contributed by atoms with Crippen LogP contribution in [0.2, 0.25) is 0 Å². The maximum atomic E-state index is 13.2. The Hall–Kier alpha value is -3.07. The van der Waals surface area contributed by atoms with Crippen LogP contribution < -0.4 is 0 Å². The molecule has 1 N–H and O–H groups in total. The molecule has 142 valence electrons. The van der Waals surface area contributed by atoms with Crippen molar-refractivity contribution >= 4 is 11.9 Å². The van der Waals surface area contributed by atoms with E-state index in [1.165, 1.54) is 0 Å². The molecule has 6 heteroatoms. The normalized spacial score (nSPS) is 10.6. The Morgan fingerprint density at radius 3 is 2.37 bits per heavy atom. The number of ether oxygens (including phenoxy) is 1. The Morgan fingerprint density at radius 1 is 1.22 bits per heavy atom. The predicted molar refractivity (Wildman–Crippen MR) is 102 cm³/mol. The van der Waals surface area contributed by atoms with Gasteiger partial charge in [0.2, 0.25) is 0 Å². The standard InChI is InChI=1S/C21H25N3O3/c1-6-27-21(26)18-14(4)19(23-15(18)5)20(25)24(13(2)3)12-17-9-7-16(11-22)8-10-17/h7-10,13,23H,6,12H2,1-5H3. The lowest BCUT2D eigenvalue weighted by atomic mass is 10.1. The first kappa shape index (κ1) is 20.2. The molecule has 6 nitrogen and oxygen atoms in total. The molecule has 0 radical (unpaired) electrons. The zero-order valence-corrected chi connectivity index (χ0v) is 16.4. The van der Waals surface area contributed by atoms with Gasteiger partial charge in [-0.2, -0.15) is 5.26 Å². The second kappa shape index (κ2) is 8.54. The van der Waals surface area contributed by atoms with Gasteiger partial charge in [0.25, 0.3) is 5.91 Å². The van der Waals surface area contributed by atoms with E-state index < -0.39 is 5.97 Å². The van der Waals surface area contributed by atoms with Gasteiger partial charge in [0, 0.05) is 18.3 Å². The monoisotopic (exact) mass is 367 g/mol. The van der Waals surface area contributed by atoms with Gasteiger partial charge in [-0.05, 0) is 57.9 Å². The van der Waals surface area contributed by atoms with E-state index in [9.17, 15) is 9.59 Å². The lowest BCUT2D eigenvalue weighted by molar-refractivity contribution is 0.0525. The summed E-state index contributed by atoms with van der Waals surface area (Å²) in [5.74, 6) is -0.600. The predicted octanol–water partition coefficient (Wildman–Crippen LogP) is 3.73. The van der Waals surface area contributed by atoms with Crippen LogP contribution in [0.15, 0.2) is 24.3 Å². The maximum absolute atomic E-state index is 13.2. The Labute approximate surface area is 159 Å². The number of carbonyl (C=O) groups excluding carboxylic acids is 2. The van der Waals surface area contributed by atoms with Crippen molar-refractivity contribution < 1.29 is 14.3 Å². The first-order chi connectivity index (χ1) is 12.8. The van der Waals surface area contributed by atoms with Crippen molar-refractivity contribution in [1.29, 1.82) is 5.26 Å². The van der Waals surface area contributed by atoms with Gasteiger partial charge in [0.15, 0.2) is 0 Å². The number of benzene rings is 1. The second-order valence-electron chi connectivity index (χ2n) is 6.68. The average Bonchev–Trinajstić information content (AvgIpc) is 2.94. The summed E-state index contributed by atoms with van der Waals surface area (Å²) >= 11 is 0. The summed E-state index contributed by atoms with van der Waals surface area (Å²) in [5, 5.41) is 8.92. The van der Waals surface area contributed by atoms with Crippen LogP contribution in [0.3, 0.4) is 0 Å². The van der Waals surface area contributed by atoms with E-state index in [2.05, 4.69) is 11.1 Å². The molecule has 0 unspecified atom stereocenters. The summed E-state index contributed by atoms with van der Waals surface area (Å²) in [5.41, 5.74) is 3.55. The van der Waals surface area contributed by atoms with Gasteiger partial charge in [0.1, 0.15) is 5.69 Å². The fraction of sp³-hybridized carbons (Fsp3) is 0.381. The molecule has 0 fully saturated rings. The first-order valence-corrected chi connectivity index (χ1v) is 8.96. The molecule has 1 aromatic carbocycles. The third kappa shape index (κ3) is 4.37. The highest BCUT2D eigenvalue weighted by Crippen LogP contribution is 2.22. The van der Waals surface area contributed by atoms with Crippen LogP contribution in [0.1, 0.15) is 64.0 Å². The second-order valence-corrected chi connectivity index (χ2v) is 6.68. The molecule has 2 aromatic rings. The van der Waals surface area contributed by atoms with E-state index in [0.29, 0.717) is 34.6 Å². The SMILES string of the molecule is CCOC(=O)c1c(C)[nH]c(C(=O)N(Cc2ccc(C#N)cc2)C(C)C)c1C. The third-order valence-corrected chi connectivity index (χ3v) is 4.45. The number of hydrogen-bond acceptors (Lipinski definition) is 4. The molecule has 1 aromatic heterocycles. The molecule has 0 saturated carbocycles. The Bertz CT molecular complexity index is 873. The van der Waals surface area contributed by atoms with Crippen molar-refractivity contribution in [2.45, 2.75) is 47.2 Å². The van der Waals surface area contributed by atoms with E-state index in [1.807, 2.05) is 26.0 Å². The van der Waals surface area contributed by atoms with Crippen LogP contribution in [0, 0.1) is 25.2 Å². The highest BCUT2D eigenvalue weighted by atomic mass is 16.5. The van der Waals surface area contributed by atoms with Crippen molar-refractivity contribution in [2.24, 2.45) is 0 Å². The minimum Gasteiger partial charge on any atom is -0.462 e. The number of nitriles is 1. The zero-order chi connectivity index (χ0) is 20.1. The summed E-state index contributed by atoms with van der Waals surface area (Å²) in [6.07, 6.45) is 0. The molecule has 0 bridgehead atoms. The van der Waals surface area contributed by atoms with Crippen LogP contribution >= 0.6 is 0 Å². The number of aromatic nitrogens is 1. The smallest absolute Gasteiger partial charge is 0.340 e. The summed E-state index contributed by atoms with van der Waals surface area (Å²) in [7, 11) is 0. The van der Waals surface area contributed by atoms with Crippen LogP contribution in [-0.2, 0) is 11.3 Å². The number of aromatic amines is 1. The number of carbonyl (C=O) groups is 2. The van der Waals surface area contributed by atoms with Gasteiger partial charge in [-0.25, -0.2) is 4.79 Å². The molecular weight excluding hydrogens is 342 g/mol. The molecule has 0 aliphatic heterocycles. The number of esters is 1. The molecule has 0 spiro atoms. The maximum Gasteiger partial charge on any atom is 0.340 e. The number of rotatable bonds is 6. The average molecular weight is 367 g/mol. The molecule has 1 heterocycles. The largest absolute Gasteiger partial charge is 0.462 e. The fourth-order valence-corrected chi connectivity index (χ4v) is 2.99. The lowest BCUT2D eigenvalue weighted by Gasteiger charge is -2.27. The van der Waals surface area contributed by atoms with Crippen LogP contribution in [0.25, 0.3) is 0 Å². The van der Waals surface area contributed by atoms with Crippen molar-refractivity contribution in [3.05, 3.63) is 57.9 Å². The van der Waals surface area contributed by atoms with E-state index in [-0.39, 0.29) is 18.6 Å². The molecule has 27 heavy (non-hydrogen) atoms. The number of H-pyrrole nitrogens is 1. The molecule has 1 amide bonds. The van der Waals surface area contributed by atoms with Gasteiger partial charge < -0.3 is 14.6 Å². The number of nitrogens with one attached hydrogen (secondary N) is 1. The van der Waals surface area contributed by atoms with Crippen LogP contribution in [0.4, 0.5) is 0 Å². The summed E-state index contributed by atoms with van der Waals surface area (Å²) in [4.78, 5) is 30.1. The van der Waals surface area contributed by atoms with Crippen LogP contribution in [-0.4, -0.2) is 34.4 Å². The minimum atomic E-state index is -0.425. The quantitative estimate of drug-likeness (QED) is 0.788. The van der Waals surface area contributed by atoms with Gasteiger partial charge in [0.05, 0.1) is 23.8 Å². The number of hydrogen-bond donors (Lipinski definition) is 1. The fourth-order valence-electron chi connectivity index (χ4n) is 2.99. The van der Waals surface area contributed by atoms with Gasteiger partial charge >= 0.3 is 5.97 Å². The summed E-state index contributed by atoms with van der Waals surface area (Å²) < 4.78 is 5.10. The molecule has 0 aliphatic rings. The Balaban J connectivity index is 2.33. The highest BCUT2D eigenvalue weighted by molar-refractivity contribution is 6.00. The lowest BCUT2D eigenvalue weighted by Crippen LogP contribution is -2.37. The molecule has 0 atom stereocenters. The van der Waals surface area contributed by atoms with Crippen molar-refractivity contribution in [1.82, 2.24) is 9.88 Å². The van der Waals surface area contributed by atoms with E-state index in [0.717, 1.165) is 5.56 Å². The highest BCUT2D eigenvalue weighted by Gasteiger charge is 2.27. The summed E-state index contributed by atoms with van der Waals surface area (Å²) in [6.45, 7) is 9.84. The molecule has 0 saturated heterocycles. The number of amides is 1. The molecule has 0 aliphatic carbocycles. The van der Waals surface area contributed by atoms with E-state index in [4.69, 9.17) is 10.00 Å². The van der Waals surface area contributed by atoms with Gasteiger partial charge in [-0.1, -0.05) is 12.1 Å². The van der Waals surface area contributed by atoms with Crippen molar-refractivity contribution in [2.75, 3.05) is 6.61 Å². The number of nitrogens with zero attached hydrogens (tertiary/aromatic N) is 2. The summed E-state index contributed by atoms with van der Waals surface area (Å²) in [6, 6.07) is 9.21. The zero-order valence-electron chi connectivity index (χ0n) is 16.4. The first-order valence-electron chi connectivity index (χ1n) is 8.96. The van der Waals surface area contributed by atoms with Crippen molar-refractivity contribution in [3.63, 3.8) is 0 Å². The minimum absolute atomic E-state index is 0.0396. The molecular formula is C21H25N3O3.